The number of carbonyl (C=O) groups excluding carboxylic acids is 3. The van der Waals surface area contributed by atoms with Gasteiger partial charge in [0.05, 0.1) is 7.11 Å². The molecule has 0 heterocycles. The number of ketones is 1. The lowest BCUT2D eigenvalue weighted by Crippen LogP contribution is -2.17. The molecule has 0 rings (SSSR count). The molecule has 0 saturated heterocycles. The molecule has 7 heteroatoms. The SMILES string of the molecule is C=S(C)(C)=O.CC(=O)C(C)(C)C.CC(=O)N(C)C.COC(C)=O. The van der Waals surface area contributed by atoms with E-state index < -0.39 is 9.52 Å². The van der Waals surface area contributed by atoms with Gasteiger partial charge in [-0.25, -0.2) is 0 Å². The summed E-state index contributed by atoms with van der Waals surface area (Å²) in [6.07, 6.45) is 3.21. The molecule has 0 aliphatic heterocycles. The van der Waals surface area contributed by atoms with Crippen LogP contribution >= 0.6 is 0 Å². The van der Waals surface area contributed by atoms with Crippen LogP contribution in [0.3, 0.4) is 0 Å². The zero-order valence-electron chi connectivity index (χ0n) is 16.6. The van der Waals surface area contributed by atoms with Crippen LogP contribution in [0.1, 0.15) is 41.5 Å². The fourth-order valence-electron chi connectivity index (χ4n) is 0. The van der Waals surface area contributed by atoms with Gasteiger partial charge in [0.15, 0.2) is 0 Å². The van der Waals surface area contributed by atoms with Crippen molar-refractivity contribution in [3.63, 3.8) is 0 Å². The first kappa shape index (κ1) is 29.6. The Morgan fingerprint density at radius 2 is 1.13 bits per heavy atom. The molecule has 0 saturated carbocycles. The minimum Gasteiger partial charge on any atom is -0.469 e. The zero-order chi connectivity index (χ0) is 20.0. The van der Waals surface area contributed by atoms with Gasteiger partial charge in [0.1, 0.15) is 5.78 Å². The molecule has 0 aromatic heterocycles. The maximum absolute atomic E-state index is 10.5. The number of carbonyl (C=O) groups is 3. The van der Waals surface area contributed by atoms with E-state index in [1.54, 1.807) is 33.5 Å². The third kappa shape index (κ3) is 63.4. The monoisotopic (exact) mass is 353 g/mol. The van der Waals surface area contributed by atoms with E-state index in [4.69, 9.17) is 0 Å². The minimum absolute atomic E-state index is 0.0926. The largest absolute Gasteiger partial charge is 0.469 e. The first-order chi connectivity index (χ1) is 9.86. The summed E-state index contributed by atoms with van der Waals surface area (Å²) >= 11 is 0. The molecule has 0 aromatic rings. The Bertz CT molecular complexity index is 438. The normalized spacial score (nSPS) is 9.52. The van der Waals surface area contributed by atoms with Gasteiger partial charge in [-0.05, 0) is 22.3 Å². The lowest BCUT2D eigenvalue weighted by atomic mass is 9.92. The number of hydrogen-bond acceptors (Lipinski definition) is 5. The second-order valence-electron chi connectivity index (χ2n) is 6.35. The lowest BCUT2D eigenvalue weighted by Gasteiger charge is -2.11. The van der Waals surface area contributed by atoms with Gasteiger partial charge in [-0.2, -0.15) is 0 Å². The number of rotatable bonds is 0. The number of amides is 1. The number of methoxy groups -OCH3 is 1. The molecule has 0 bridgehead atoms. The van der Waals surface area contributed by atoms with E-state index in [1.807, 2.05) is 20.8 Å². The van der Waals surface area contributed by atoms with Crippen molar-refractivity contribution in [2.45, 2.75) is 41.5 Å². The van der Waals surface area contributed by atoms with E-state index in [1.165, 1.54) is 25.9 Å². The van der Waals surface area contributed by atoms with Crippen LogP contribution in [-0.2, 0) is 28.6 Å². The zero-order valence-corrected chi connectivity index (χ0v) is 17.4. The third-order valence-electron chi connectivity index (χ3n) is 1.97. The summed E-state index contributed by atoms with van der Waals surface area (Å²) < 4.78 is 14.2. The number of esters is 1. The van der Waals surface area contributed by atoms with Crippen molar-refractivity contribution in [2.75, 3.05) is 33.7 Å². The van der Waals surface area contributed by atoms with Crippen LogP contribution in [0.15, 0.2) is 0 Å². The topological polar surface area (TPSA) is 80.8 Å². The van der Waals surface area contributed by atoms with Crippen molar-refractivity contribution >= 4 is 33.1 Å². The van der Waals surface area contributed by atoms with E-state index in [-0.39, 0.29) is 23.1 Å². The molecule has 0 aliphatic carbocycles. The van der Waals surface area contributed by atoms with Crippen LogP contribution in [-0.4, -0.2) is 66.4 Å². The summed E-state index contributed by atoms with van der Waals surface area (Å²) in [7, 11) is 3.13. The second kappa shape index (κ2) is 14.2. The molecule has 23 heavy (non-hydrogen) atoms. The number of hydrogen-bond donors (Lipinski definition) is 0. The van der Waals surface area contributed by atoms with Gasteiger partial charge in [-0.3, -0.25) is 18.6 Å². The Morgan fingerprint density at radius 1 is 1.00 bits per heavy atom. The Labute approximate surface area is 142 Å². The number of nitrogens with zero attached hydrogens (tertiary/aromatic N) is 1. The molecule has 0 N–H and O–H groups in total. The second-order valence-corrected chi connectivity index (χ2v) is 9.23. The highest BCUT2D eigenvalue weighted by Gasteiger charge is 2.14. The van der Waals surface area contributed by atoms with Gasteiger partial charge in [0, 0.05) is 45.9 Å². The molecule has 140 valence electrons. The van der Waals surface area contributed by atoms with Crippen molar-refractivity contribution in [1.82, 2.24) is 4.90 Å². The van der Waals surface area contributed by atoms with E-state index in [2.05, 4.69) is 10.6 Å². The van der Waals surface area contributed by atoms with Gasteiger partial charge in [-0.15, -0.1) is 0 Å². The van der Waals surface area contributed by atoms with Crippen LogP contribution in [0.4, 0.5) is 0 Å². The molecule has 0 radical (unpaired) electrons. The van der Waals surface area contributed by atoms with Gasteiger partial charge >= 0.3 is 5.97 Å². The smallest absolute Gasteiger partial charge is 0.302 e. The molecule has 0 fully saturated rings. The number of ether oxygens (including phenoxy) is 1. The van der Waals surface area contributed by atoms with Crippen molar-refractivity contribution in [3.8, 4) is 0 Å². The van der Waals surface area contributed by atoms with Crippen molar-refractivity contribution < 1.29 is 23.3 Å². The molecule has 0 unspecified atom stereocenters. The van der Waals surface area contributed by atoms with Crippen molar-refractivity contribution in [1.29, 1.82) is 0 Å². The summed E-state index contributed by atoms with van der Waals surface area (Å²) in [4.78, 5) is 31.7. The fraction of sp³-hybridized carbons (Fsp3) is 0.750. The summed E-state index contributed by atoms with van der Waals surface area (Å²) in [6.45, 7) is 10.2. The van der Waals surface area contributed by atoms with Gasteiger partial charge in [-0.1, -0.05) is 20.8 Å². The van der Waals surface area contributed by atoms with Crippen molar-refractivity contribution in [3.05, 3.63) is 0 Å². The molecular weight excluding hydrogens is 318 g/mol. The molecule has 6 nitrogen and oxygen atoms in total. The van der Waals surface area contributed by atoms with Crippen LogP contribution in [0.2, 0.25) is 0 Å². The van der Waals surface area contributed by atoms with E-state index in [0.29, 0.717) is 0 Å². The van der Waals surface area contributed by atoms with Gasteiger partial charge < -0.3 is 9.64 Å². The molecule has 0 spiro atoms. The highest BCUT2D eigenvalue weighted by Crippen LogP contribution is 2.12. The maximum atomic E-state index is 10.5. The summed E-state index contributed by atoms with van der Waals surface area (Å²) in [5.41, 5.74) is -0.139. The fourth-order valence-corrected chi connectivity index (χ4v) is 0. The average molecular weight is 354 g/mol. The summed E-state index contributed by atoms with van der Waals surface area (Å²) in [5, 5.41) is 0. The predicted octanol–water partition coefficient (Wildman–Crippen LogP) is 1.86. The van der Waals surface area contributed by atoms with Gasteiger partial charge in [0.2, 0.25) is 5.91 Å². The van der Waals surface area contributed by atoms with Gasteiger partial charge in [0.25, 0.3) is 0 Å². The molecular formula is C16H35NO5S. The van der Waals surface area contributed by atoms with Crippen molar-refractivity contribution in [2.24, 2.45) is 5.41 Å². The summed E-state index contributed by atoms with van der Waals surface area (Å²) in [5.74, 6) is 3.39. The first-order valence-corrected chi connectivity index (χ1v) is 9.41. The standard InChI is InChI=1S/C6H12O.C4H9NO.C3H6O2.C3H8OS/c1-5(7)6(2,3)4;1-4(6)5(2)3;1-3(4)5-2;1-5(2,3)4/h1-4H3;1-3H3;1-2H3;1H2,2-3H3. The van der Waals surface area contributed by atoms with Crippen LogP contribution < -0.4 is 0 Å². The lowest BCUT2D eigenvalue weighted by molar-refractivity contribution is -0.138. The maximum Gasteiger partial charge on any atom is 0.302 e. The Balaban J connectivity index is -0.000000106. The Morgan fingerprint density at radius 3 is 1.13 bits per heavy atom. The third-order valence-corrected chi connectivity index (χ3v) is 1.97. The van der Waals surface area contributed by atoms with Crippen LogP contribution in [0, 0.1) is 5.41 Å². The van der Waals surface area contributed by atoms with E-state index in [0.717, 1.165) is 0 Å². The highest BCUT2D eigenvalue weighted by molar-refractivity contribution is 7.98. The van der Waals surface area contributed by atoms with Crippen LogP contribution in [0.25, 0.3) is 0 Å². The first-order valence-electron chi connectivity index (χ1n) is 6.86. The quantitative estimate of drug-likeness (QED) is 0.490. The Hall–Kier alpha value is -1.37. The Kier molecular flexibility index (Phi) is 18.3. The number of Topliss-reactive ketones (excluding diaryl/α,β-unsaturated/α-hetero) is 1. The molecule has 0 aliphatic rings. The molecule has 1 amide bonds. The average Bonchev–Trinajstić information content (AvgIpc) is 2.26. The molecule has 0 atom stereocenters. The van der Waals surface area contributed by atoms with E-state index >= 15 is 0 Å². The summed E-state index contributed by atoms with van der Waals surface area (Å²) in [6, 6.07) is 0. The highest BCUT2D eigenvalue weighted by atomic mass is 32.2. The molecule has 0 aromatic carbocycles. The minimum atomic E-state index is -1.67. The predicted molar refractivity (Wildman–Crippen MR) is 99.3 cm³/mol. The van der Waals surface area contributed by atoms with Crippen LogP contribution in [0.5, 0.6) is 0 Å². The van der Waals surface area contributed by atoms with E-state index in [9.17, 15) is 18.6 Å².